The first-order valence-corrected chi connectivity index (χ1v) is 10.7. The van der Waals surface area contributed by atoms with E-state index in [1.165, 1.54) is 11.8 Å². The average Bonchev–Trinajstić information content (AvgIpc) is 3.45. The number of amides is 1. The molecular weight excluding hydrogens is 378 g/mol. The van der Waals surface area contributed by atoms with E-state index in [2.05, 4.69) is 32.7 Å². The van der Waals surface area contributed by atoms with E-state index in [0.29, 0.717) is 10.9 Å². The van der Waals surface area contributed by atoms with Gasteiger partial charge in [-0.25, -0.2) is 4.98 Å². The number of carbonyl (C=O) groups is 1. The second kappa shape index (κ2) is 6.94. The van der Waals surface area contributed by atoms with Crippen LogP contribution in [-0.2, 0) is 4.79 Å². The largest absolute Gasteiger partial charge is 0.342 e. The number of hydrogen-bond donors (Lipinski definition) is 0. The van der Waals surface area contributed by atoms with Crippen molar-refractivity contribution >= 4 is 44.9 Å². The fourth-order valence-electron chi connectivity index (χ4n) is 3.43. The van der Waals surface area contributed by atoms with Gasteiger partial charge in [-0.2, -0.15) is 0 Å². The summed E-state index contributed by atoms with van der Waals surface area (Å²) in [6.45, 7) is 1.75. The van der Waals surface area contributed by atoms with E-state index in [-0.39, 0.29) is 5.91 Å². The molecule has 6 nitrogen and oxygen atoms in total. The molecule has 5 rings (SSSR count). The van der Waals surface area contributed by atoms with E-state index in [1.807, 2.05) is 27.5 Å². The number of hydrogen-bond acceptors (Lipinski definition) is 6. The van der Waals surface area contributed by atoms with Gasteiger partial charge in [-0.3, -0.25) is 9.20 Å². The zero-order chi connectivity index (χ0) is 18.2. The van der Waals surface area contributed by atoms with E-state index in [9.17, 15) is 4.79 Å². The van der Waals surface area contributed by atoms with Gasteiger partial charge in [0.25, 0.3) is 0 Å². The van der Waals surface area contributed by atoms with Crippen molar-refractivity contribution in [3.63, 3.8) is 0 Å². The molecule has 0 bridgehead atoms. The Bertz CT molecular complexity index is 1120. The molecule has 0 spiro atoms. The smallest absolute Gasteiger partial charge is 0.233 e. The maximum absolute atomic E-state index is 12.3. The third kappa shape index (κ3) is 2.98. The minimum absolute atomic E-state index is 0.170. The van der Waals surface area contributed by atoms with E-state index in [0.717, 1.165) is 52.9 Å². The SMILES string of the molecule is O=C(CSc1nnc2c3c(-c4ccccc4)csc3ncn12)N1CCCC1. The molecule has 4 aromatic rings. The van der Waals surface area contributed by atoms with Gasteiger partial charge >= 0.3 is 0 Å². The van der Waals surface area contributed by atoms with Crippen LogP contribution in [0.3, 0.4) is 0 Å². The summed E-state index contributed by atoms with van der Waals surface area (Å²) in [4.78, 5) is 19.8. The number of fused-ring (bicyclic) bond motifs is 3. The van der Waals surface area contributed by atoms with Crippen molar-refractivity contribution in [2.75, 3.05) is 18.8 Å². The minimum Gasteiger partial charge on any atom is -0.342 e. The van der Waals surface area contributed by atoms with Gasteiger partial charge in [0.1, 0.15) is 11.2 Å². The lowest BCUT2D eigenvalue weighted by atomic mass is 10.1. The topological polar surface area (TPSA) is 63.4 Å². The maximum atomic E-state index is 12.3. The van der Waals surface area contributed by atoms with Crippen LogP contribution in [0.4, 0.5) is 0 Å². The van der Waals surface area contributed by atoms with Crippen molar-refractivity contribution < 1.29 is 4.79 Å². The number of thiophene rings is 1. The first-order valence-electron chi connectivity index (χ1n) is 8.88. The number of aromatic nitrogens is 4. The normalized spacial score (nSPS) is 14.4. The number of nitrogens with zero attached hydrogens (tertiary/aromatic N) is 5. The Labute approximate surface area is 164 Å². The van der Waals surface area contributed by atoms with Crippen LogP contribution >= 0.6 is 23.1 Å². The summed E-state index contributed by atoms with van der Waals surface area (Å²) in [7, 11) is 0. The number of benzene rings is 1. The van der Waals surface area contributed by atoms with Crippen molar-refractivity contribution in [3.05, 3.63) is 42.0 Å². The molecule has 0 unspecified atom stereocenters. The molecule has 1 amide bonds. The quantitative estimate of drug-likeness (QED) is 0.493. The molecular formula is C19H17N5OS2. The van der Waals surface area contributed by atoms with Gasteiger partial charge in [0.05, 0.1) is 11.1 Å². The van der Waals surface area contributed by atoms with Crippen LogP contribution in [-0.4, -0.2) is 49.2 Å². The zero-order valence-corrected chi connectivity index (χ0v) is 16.2. The zero-order valence-electron chi connectivity index (χ0n) is 14.5. The summed E-state index contributed by atoms with van der Waals surface area (Å²) in [5, 5.41) is 12.6. The van der Waals surface area contributed by atoms with E-state index < -0.39 is 0 Å². The Balaban J connectivity index is 1.50. The van der Waals surface area contributed by atoms with Gasteiger partial charge in [0.15, 0.2) is 10.8 Å². The van der Waals surface area contributed by atoms with Crippen molar-refractivity contribution in [2.45, 2.75) is 18.0 Å². The standard InChI is InChI=1S/C19H17N5OS2/c25-15(23-8-4-5-9-23)11-27-19-22-21-17-16-14(13-6-2-1-3-7-13)10-26-18(16)20-12-24(17)19/h1-3,6-7,10,12H,4-5,8-9,11H2. The lowest BCUT2D eigenvalue weighted by Gasteiger charge is -2.14. The summed E-state index contributed by atoms with van der Waals surface area (Å²) in [5.74, 6) is 0.553. The number of likely N-dealkylation sites (tertiary alicyclic amines) is 1. The first kappa shape index (κ1) is 16.7. The van der Waals surface area contributed by atoms with Gasteiger partial charge < -0.3 is 4.90 Å². The van der Waals surface area contributed by atoms with E-state index >= 15 is 0 Å². The van der Waals surface area contributed by atoms with Crippen LogP contribution in [0, 0.1) is 0 Å². The summed E-state index contributed by atoms with van der Waals surface area (Å²) in [6.07, 6.45) is 3.96. The third-order valence-electron chi connectivity index (χ3n) is 4.82. The van der Waals surface area contributed by atoms with Crippen molar-refractivity contribution in [3.8, 4) is 11.1 Å². The molecule has 1 fully saturated rings. The highest BCUT2D eigenvalue weighted by molar-refractivity contribution is 7.99. The van der Waals surface area contributed by atoms with Crippen LogP contribution in [0.25, 0.3) is 27.0 Å². The number of carbonyl (C=O) groups excluding carboxylic acids is 1. The second-order valence-electron chi connectivity index (χ2n) is 6.49. The Hall–Kier alpha value is -2.45. The fourth-order valence-corrected chi connectivity index (χ4v) is 5.15. The van der Waals surface area contributed by atoms with Crippen molar-refractivity contribution in [1.82, 2.24) is 24.5 Å². The molecule has 4 heterocycles. The van der Waals surface area contributed by atoms with Gasteiger partial charge in [-0.05, 0) is 18.4 Å². The molecule has 1 saturated heterocycles. The lowest BCUT2D eigenvalue weighted by molar-refractivity contribution is -0.127. The minimum atomic E-state index is 0.170. The predicted molar refractivity (Wildman–Crippen MR) is 108 cm³/mol. The fraction of sp³-hybridized carbons (Fsp3) is 0.263. The van der Waals surface area contributed by atoms with E-state index in [1.54, 1.807) is 17.7 Å². The Morgan fingerprint density at radius 3 is 2.78 bits per heavy atom. The van der Waals surface area contributed by atoms with Crippen LogP contribution in [0.15, 0.2) is 47.2 Å². The molecule has 1 aliphatic rings. The number of thioether (sulfide) groups is 1. The predicted octanol–water partition coefficient (Wildman–Crippen LogP) is 3.72. The number of rotatable bonds is 4. The molecule has 1 aromatic carbocycles. The van der Waals surface area contributed by atoms with Crippen LogP contribution in [0.5, 0.6) is 0 Å². The van der Waals surface area contributed by atoms with Gasteiger partial charge in [-0.15, -0.1) is 21.5 Å². The van der Waals surface area contributed by atoms with Gasteiger partial charge in [0, 0.05) is 24.0 Å². The molecule has 8 heteroatoms. The molecule has 0 saturated carbocycles. The summed E-state index contributed by atoms with van der Waals surface area (Å²) < 4.78 is 1.89. The molecule has 0 N–H and O–H groups in total. The highest BCUT2D eigenvalue weighted by Gasteiger charge is 2.20. The summed E-state index contributed by atoms with van der Waals surface area (Å²) >= 11 is 3.03. The Morgan fingerprint density at radius 2 is 1.96 bits per heavy atom. The third-order valence-corrected chi connectivity index (χ3v) is 6.63. The lowest BCUT2D eigenvalue weighted by Crippen LogP contribution is -2.29. The van der Waals surface area contributed by atoms with E-state index in [4.69, 9.17) is 0 Å². The Morgan fingerprint density at radius 1 is 1.15 bits per heavy atom. The monoisotopic (exact) mass is 395 g/mol. The molecule has 27 heavy (non-hydrogen) atoms. The molecule has 3 aromatic heterocycles. The summed E-state index contributed by atoms with van der Waals surface area (Å²) in [5.41, 5.74) is 3.04. The van der Waals surface area contributed by atoms with Crippen LogP contribution in [0.1, 0.15) is 12.8 Å². The van der Waals surface area contributed by atoms with Crippen molar-refractivity contribution in [1.29, 1.82) is 0 Å². The molecule has 136 valence electrons. The molecule has 0 radical (unpaired) electrons. The highest BCUT2D eigenvalue weighted by atomic mass is 32.2. The second-order valence-corrected chi connectivity index (χ2v) is 8.29. The van der Waals surface area contributed by atoms with Crippen LogP contribution < -0.4 is 0 Å². The molecule has 0 aliphatic carbocycles. The average molecular weight is 396 g/mol. The first-order chi connectivity index (χ1) is 13.3. The molecule has 0 atom stereocenters. The Kier molecular flexibility index (Phi) is 4.29. The molecule has 1 aliphatic heterocycles. The van der Waals surface area contributed by atoms with Crippen LogP contribution in [0.2, 0.25) is 0 Å². The summed E-state index contributed by atoms with van der Waals surface area (Å²) in [6, 6.07) is 10.2. The highest BCUT2D eigenvalue weighted by Crippen LogP contribution is 2.35. The van der Waals surface area contributed by atoms with Crippen molar-refractivity contribution in [2.24, 2.45) is 0 Å². The van der Waals surface area contributed by atoms with Gasteiger partial charge in [-0.1, -0.05) is 42.1 Å². The van der Waals surface area contributed by atoms with Gasteiger partial charge in [0.2, 0.25) is 5.91 Å². The maximum Gasteiger partial charge on any atom is 0.233 e.